The zero-order valence-electron chi connectivity index (χ0n) is 15.7. The Balaban J connectivity index is 1.77. The van der Waals surface area contributed by atoms with Gasteiger partial charge in [0.2, 0.25) is 0 Å². The minimum Gasteiger partial charge on any atom is -0.378 e. The summed E-state index contributed by atoms with van der Waals surface area (Å²) in [5.74, 6) is 3.03. The Morgan fingerprint density at radius 1 is 1.32 bits per heavy atom. The van der Waals surface area contributed by atoms with E-state index >= 15 is 0 Å². The summed E-state index contributed by atoms with van der Waals surface area (Å²) in [5, 5.41) is 0. The molecule has 0 aromatic rings. The van der Waals surface area contributed by atoms with Gasteiger partial charge in [0, 0.05) is 37.4 Å². The molecule has 1 unspecified atom stereocenters. The summed E-state index contributed by atoms with van der Waals surface area (Å²) < 4.78 is 11.2. The van der Waals surface area contributed by atoms with Crippen molar-refractivity contribution in [2.24, 2.45) is 5.92 Å². The standard InChI is InChI=1S/C21H31NO3/c1-5-11-24-12-6-13-25-19-7-9-22(10-8-19)20-14-18(16(2)3)15-21(23)17(20)4/h1,18-19H,2,6-15H2,3-4H3. The second kappa shape index (κ2) is 9.79. The predicted octanol–water partition coefficient (Wildman–Crippen LogP) is 3.34. The number of carbonyl (C=O) groups is 1. The van der Waals surface area contributed by atoms with E-state index in [2.05, 4.69) is 17.4 Å². The second-order valence-corrected chi connectivity index (χ2v) is 7.11. The van der Waals surface area contributed by atoms with Gasteiger partial charge in [0.1, 0.15) is 6.61 Å². The second-order valence-electron chi connectivity index (χ2n) is 7.11. The first kappa shape index (κ1) is 19.8. The van der Waals surface area contributed by atoms with Crippen LogP contribution in [0.5, 0.6) is 0 Å². The lowest BCUT2D eigenvalue weighted by atomic mass is 9.82. The minimum atomic E-state index is 0.277. The van der Waals surface area contributed by atoms with Crippen molar-refractivity contribution in [1.82, 2.24) is 4.90 Å². The van der Waals surface area contributed by atoms with Crippen molar-refractivity contribution in [2.45, 2.75) is 52.1 Å². The number of ketones is 1. The summed E-state index contributed by atoms with van der Waals surface area (Å²) in [4.78, 5) is 14.7. The summed E-state index contributed by atoms with van der Waals surface area (Å²) in [5.41, 5.74) is 3.29. The normalized spacial score (nSPS) is 22.2. The number of Topliss-reactive ketones (excluding diaryl/α,β-unsaturated/α-hetero) is 1. The van der Waals surface area contributed by atoms with Crippen molar-refractivity contribution < 1.29 is 14.3 Å². The fourth-order valence-electron chi connectivity index (χ4n) is 3.55. The maximum absolute atomic E-state index is 12.3. The van der Waals surface area contributed by atoms with E-state index in [1.807, 2.05) is 13.8 Å². The van der Waals surface area contributed by atoms with Crippen molar-refractivity contribution in [3.05, 3.63) is 23.4 Å². The quantitative estimate of drug-likeness (QED) is 0.384. The third kappa shape index (κ3) is 5.73. The van der Waals surface area contributed by atoms with Gasteiger partial charge in [-0.25, -0.2) is 0 Å². The third-order valence-electron chi connectivity index (χ3n) is 5.22. The van der Waals surface area contributed by atoms with E-state index in [4.69, 9.17) is 15.9 Å². The van der Waals surface area contributed by atoms with Crippen LogP contribution >= 0.6 is 0 Å². The van der Waals surface area contributed by atoms with Gasteiger partial charge in [-0.3, -0.25) is 4.79 Å². The van der Waals surface area contributed by atoms with Gasteiger partial charge in [-0.15, -0.1) is 6.42 Å². The van der Waals surface area contributed by atoms with Crippen LogP contribution in [0.3, 0.4) is 0 Å². The number of hydrogen-bond donors (Lipinski definition) is 0. The number of rotatable bonds is 8. The van der Waals surface area contributed by atoms with Gasteiger partial charge in [0.25, 0.3) is 0 Å². The van der Waals surface area contributed by atoms with E-state index in [1.165, 1.54) is 5.70 Å². The van der Waals surface area contributed by atoms with E-state index in [0.717, 1.165) is 49.9 Å². The molecular weight excluding hydrogens is 314 g/mol. The van der Waals surface area contributed by atoms with Crippen molar-refractivity contribution in [1.29, 1.82) is 0 Å². The molecule has 1 fully saturated rings. The Morgan fingerprint density at radius 2 is 2.04 bits per heavy atom. The molecule has 2 rings (SSSR count). The molecule has 25 heavy (non-hydrogen) atoms. The lowest BCUT2D eigenvalue weighted by molar-refractivity contribution is -0.116. The Labute approximate surface area is 152 Å². The Morgan fingerprint density at radius 3 is 2.68 bits per heavy atom. The highest BCUT2D eigenvalue weighted by Gasteiger charge is 2.30. The largest absolute Gasteiger partial charge is 0.378 e. The highest BCUT2D eigenvalue weighted by Crippen LogP contribution is 2.34. The summed E-state index contributed by atoms with van der Waals surface area (Å²) in [6.45, 7) is 11.7. The molecule has 0 radical (unpaired) electrons. The van der Waals surface area contributed by atoms with Gasteiger partial charge in [0.05, 0.1) is 12.7 Å². The molecule has 1 saturated heterocycles. The molecule has 0 amide bonds. The molecule has 0 spiro atoms. The molecule has 2 aliphatic rings. The zero-order chi connectivity index (χ0) is 18.2. The average molecular weight is 345 g/mol. The van der Waals surface area contributed by atoms with Crippen LogP contribution in [0.25, 0.3) is 0 Å². The van der Waals surface area contributed by atoms with Crippen LogP contribution in [-0.2, 0) is 14.3 Å². The summed E-state index contributed by atoms with van der Waals surface area (Å²) >= 11 is 0. The molecule has 1 aliphatic carbocycles. The number of carbonyl (C=O) groups excluding carboxylic acids is 1. The van der Waals surface area contributed by atoms with E-state index in [0.29, 0.717) is 38.3 Å². The fraction of sp³-hybridized carbons (Fsp3) is 0.667. The van der Waals surface area contributed by atoms with Gasteiger partial charge in [-0.05, 0) is 45.4 Å². The summed E-state index contributed by atoms with van der Waals surface area (Å²) in [6, 6.07) is 0. The number of likely N-dealkylation sites (tertiary alicyclic amines) is 1. The van der Waals surface area contributed by atoms with Crippen LogP contribution in [0.1, 0.15) is 46.0 Å². The first-order valence-corrected chi connectivity index (χ1v) is 9.29. The SMILES string of the molecule is C#CCOCCCOC1CCN(C2=C(C)C(=O)CC(C(=C)C)C2)CC1. The van der Waals surface area contributed by atoms with Crippen LogP contribution in [0.2, 0.25) is 0 Å². The number of allylic oxidation sites excluding steroid dienone is 3. The van der Waals surface area contributed by atoms with Crippen LogP contribution in [0, 0.1) is 18.3 Å². The van der Waals surface area contributed by atoms with E-state index in [1.54, 1.807) is 0 Å². The van der Waals surface area contributed by atoms with Crippen LogP contribution in [0.15, 0.2) is 23.4 Å². The van der Waals surface area contributed by atoms with Gasteiger partial charge in [-0.1, -0.05) is 18.1 Å². The molecular formula is C21H31NO3. The molecule has 4 nitrogen and oxygen atoms in total. The number of piperidine rings is 1. The Hall–Kier alpha value is -1.57. The molecule has 138 valence electrons. The van der Waals surface area contributed by atoms with Crippen molar-refractivity contribution in [3.8, 4) is 12.3 Å². The molecule has 1 aliphatic heterocycles. The van der Waals surface area contributed by atoms with Crippen LogP contribution in [0.4, 0.5) is 0 Å². The number of terminal acetylenes is 1. The first-order chi connectivity index (χ1) is 12.0. The predicted molar refractivity (Wildman–Crippen MR) is 100 cm³/mol. The Bertz CT molecular complexity index is 550. The Kier molecular flexibility index (Phi) is 7.74. The maximum atomic E-state index is 12.3. The highest BCUT2D eigenvalue weighted by molar-refractivity contribution is 5.96. The topological polar surface area (TPSA) is 38.8 Å². The van der Waals surface area contributed by atoms with Gasteiger partial charge < -0.3 is 14.4 Å². The molecule has 0 saturated carbocycles. The summed E-state index contributed by atoms with van der Waals surface area (Å²) in [6.07, 6.45) is 9.90. The zero-order valence-corrected chi connectivity index (χ0v) is 15.7. The lowest BCUT2D eigenvalue weighted by Gasteiger charge is -2.39. The molecule has 0 aromatic carbocycles. The molecule has 1 heterocycles. The number of nitrogens with zero attached hydrogens (tertiary/aromatic N) is 1. The lowest BCUT2D eigenvalue weighted by Crippen LogP contribution is -2.39. The molecule has 0 bridgehead atoms. The van der Waals surface area contributed by atoms with E-state index in [9.17, 15) is 4.79 Å². The fourth-order valence-corrected chi connectivity index (χ4v) is 3.55. The van der Waals surface area contributed by atoms with E-state index in [-0.39, 0.29) is 5.78 Å². The maximum Gasteiger partial charge on any atom is 0.160 e. The summed E-state index contributed by atoms with van der Waals surface area (Å²) in [7, 11) is 0. The van der Waals surface area contributed by atoms with Crippen LogP contribution in [-0.4, -0.2) is 49.7 Å². The van der Waals surface area contributed by atoms with Crippen molar-refractivity contribution in [3.63, 3.8) is 0 Å². The molecule has 1 atom stereocenters. The molecule has 0 N–H and O–H groups in total. The monoisotopic (exact) mass is 345 g/mol. The highest BCUT2D eigenvalue weighted by atomic mass is 16.5. The third-order valence-corrected chi connectivity index (χ3v) is 5.22. The minimum absolute atomic E-state index is 0.277. The van der Waals surface area contributed by atoms with Gasteiger partial charge in [-0.2, -0.15) is 0 Å². The van der Waals surface area contributed by atoms with Crippen LogP contribution < -0.4 is 0 Å². The molecule has 0 aromatic heterocycles. The van der Waals surface area contributed by atoms with Crippen molar-refractivity contribution >= 4 is 5.78 Å². The first-order valence-electron chi connectivity index (χ1n) is 9.29. The average Bonchev–Trinajstić information content (AvgIpc) is 2.60. The van der Waals surface area contributed by atoms with Crippen molar-refractivity contribution in [2.75, 3.05) is 32.9 Å². The van der Waals surface area contributed by atoms with Gasteiger partial charge in [0.15, 0.2) is 5.78 Å². The smallest absolute Gasteiger partial charge is 0.160 e. The number of ether oxygens (including phenoxy) is 2. The number of hydrogen-bond acceptors (Lipinski definition) is 4. The van der Waals surface area contributed by atoms with Gasteiger partial charge >= 0.3 is 0 Å². The molecule has 4 heteroatoms. The van der Waals surface area contributed by atoms with E-state index < -0.39 is 0 Å².